The third-order valence-electron chi connectivity index (χ3n) is 5.50. The summed E-state index contributed by atoms with van der Waals surface area (Å²) >= 11 is 1.30. The average Bonchev–Trinajstić information content (AvgIpc) is 2.91. The molecule has 2 radical (unpaired) electrons. The first-order valence-electron chi connectivity index (χ1n) is 11.3. The largest absolute Gasteiger partial charge is 0.505 e. The van der Waals surface area contributed by atoms with Crippen LogP contribution in [0.4, 0.5) is 0 Å². The van der Waals surface area contributed by atoms with Crippen molar-refractivity contribution < 1.29 is 40.2 Å². The van der Waals surface area contributed by atoms with Crippen LogP contribution in [0.1, 0.15) is 28.7 Å². The molecule has 0 fully saturated rings. The van der Waals surface area contributed by atoms with Crippen molar-refractivity contribution in [1.29, 1.82) is 0 Å². The zero-order valence-corrected chi connectivity index (χ0v) is 20.8. The van der Waals surface area contributed by atoms with Crippen LogP contribution in [0, 0.1) is 11.8 Å². The maximum atomic E-state index is 12.2. The number of phenols is 6. The van der Waals surface area contributed by atoms with Crippen LogP contribution >= 0.6 is 11.8 Å². The summed E-state index contributed by atoms with van der Waals surface area (Å²) in [6.07, 6.45) is 1.18. The van der Waals surface area contributed by atoms with Crippen LogP contribution < -0.4 is 10.8 Å². The second-order valence-electron chi connectivity index (χ2n) is 8.24. The van der Waals surface area contributed by atoms with E-state index < -0.39 is 33.7 Å². The minimum atomic E-state index is -0.784. The molecule has 38 heavy (non-hydrogen) atoms. The predicted molar refractivity (Wildman–Crippen MR) is 143 cm³/mol. The molecule has 0 aliphatic rings. The van der Waals surface area contributed by atoms with Crippen LogP contribution in [-0.4, -0.2) is 62.5 Å². The topological polar surface area (TPSA) is 168 Å². The van der Waals surface area contributed by atoms with E-state index in [1.54, 1.807) is 30.3 Å². The summed E-state index contributed by atoms with van der Waals surface area (Å²) in [6, 6.07) is 11.3. The number of aldehydes is 1. The fourth-order valence-corrected chi connectivity index (χ4v) is 4.28. The second kappa shape index (κ2) is 12.7. The van der Waals surface area contributed by atoms with Gasteiger partial charge in [-0.3, -0.25) is 4.79 Å². The van der Waals surface area contributed by atoms with Gasteiger partial charge in [-0.25, -0.2) is 0 Å². The van der Waals surface area contributed by atoms with Crippen molar-refractivity contribution in [1.82, 2.24) is 5.32 Å². The van der Waals surface area contributed by atoms with Gasteiger partial charge in [0.25, 0.3) is 0 Å². The van der Waals surface area contributed by atoms with E-state index in [-0.39, 0.29) is 29.4 Å². The second-order valence-corrected chi connectivity index (χ2v) is 9.47. The van der Waals surface area contributed by atoms with Gasteiger partial charge in [-0.05, 0) is 47.3 Å². The number of thioether (sulfide) groups is 1. The molecule has 0 aromatic heterocycles. The van der Waals surface area contributed by atoms with E-state index in [1.165, 1.54) is 23.9 Å². The lowest BCUT2D eigenvalue weighted by atomic mass is 9.91. The molecule has 11 heteroatoms. The van der Waals surface area contributed by atoms with E-state index in [1.807, 2.05) is 0 Å². The molecular weight excluding hydrogens is 509 g/mol. The molecule has 0 saturated carbocycles. The van der Waals surface area contributed by atoms with Gasteiger partial charge in [0.05, 0.1) is 5.25 Å². The zero-order chi connectivity index (χ0) is 27.8. The van der Waals surface area contributed by atoms with Gasteiger partial charge in [0, 0.05) is 24.3 Å². The summed E-state index contributed by atoms with van der Waals surface area (Å²) in [5.74, 6) is 1.87. The van der Waals surface area contributed by atoms with Crippen molar-refractivity contribution >= 4 is 37.3 Å². The molecule has 0 saturated heterocycles. The molecule has 0 aliphatic carbocycles. The van der Waals surface area contributed by atoms with Crippen LogP contribution in [0.25, 0.3) is 0 Å². The van der Waals surface area contributed by atoms with E-state index in [9.17, 15) is 40.2 Å². The molecular formula is C27H24BNO8S. The Kier molecular flexibility index (Phi) is 9.41. The summed E-state index contributed by atoms with van der Waals surface area (Å²) in [4.78, 5) is 23.7. The molecule has 0 bridgehead atoms. The van der Waals surface area contributed by atoms with E-state index in [0.717, 1.165) is 17.4 Å². The van der Waals surface area contributed by atoms with Crippen LogP contribution in [-0.2, 0) is 21.8 Å². The lowest BCUT2D eigenvalue weighted by Crippen LogP contribution is -2.28. The Balaban J connectivity index is 1.51. The number of hydrogen-bond donors (Lipinski definition) is 7. The van der Waals surface area contributed by atoms with Crippen LogP contribution in [0.3, 0.4) is 0 Å². The molecule has 0 spiro atoms. The van der Waals surface area contributed by atoms with Gasteiger partial charge in [-0.1, -0.05) is 30.0 Å². The van der Waals surface area contributed by atoms with E-state index in [2.05, 4.69) is 17.2 Å². The van der Waals surface area contributed by atoms with Gasteiger partial charge in [0.15, 0.2) is 34.5 Å². The molecule has 9 nitrogen and oxygen atoms in total. The molecule has 3 aromatic rings. The SMILES string of the molecule is [B]c1c(O)c(O)c(C#Cc2ccc(CS[C@@H](C=O)CC(=O)NCCc3ccc(O)c(O)c3)cc2)c(O)c1O. The van der Waals surface area contributed by atoms with Crippen LogP contribution in [0.5, 0.6) is 34.5 Å². The molecule has 3 aromatic carbocycles. The summed E-state index contributed by atoms with van der Waals surface area (Å²) in [5.41, 5.74) is 1.19. The Morgan fingerprint density at radius 1 is 0.895 bits per heavy atom. The highest BCUT2D eigenvalue weighted by atomic mass is 32.2. The quantitative estimate of drug-likeness (QED) is 0.0712. The average molecular weight is 533 g/mol. The summed E-state index contributed by atoms with van der Waals surface area (Å²) in [7, 11) is 5.39. The predicted octanol–water partition coefficient (Wildman–Crippen LogP) is 1.66. The number of benzene rings is 3. The normalized spacial score (nSPS) is 11.3. The Labute approximate surface area is 224 Å². The number of rotatable bonds is 9. The van der Waals surface area contributed by atoms with E-state index >= 15 is 0 Å². The molecule has 0 aliphatic heterocycles. The maximum Gasteiger partial charge on any atom is 0.221 e. The number of carbonyl (C=O) groups is 2. The minimum Gasteiger partial charge on any atom is -0.505 e. The monoisotopic (exact) mass is 533 g/mol. The number of carbonyl (C=O) groups excluding carboxylic acids is 2. The first-order chi connectivity index (χ1) is 18.1. The van der Waals surface area contributed by atoms with Gasteiger partial charge in [-0.2, -0.15) is 0 Å². The van der Waals surface area contributed by atoms with Gasteiger partial charge in [0.2, 0.25) is 5.91 Å². The lowest BCUT2D eigenvalue weighted by Gasteiger charge is -2.11. The third kappa shape index (κ3) is 7.08. The number of aromatic hydroxyl groups is 6. The zero-order valence-electron chi connectivity index (χ0n) is 20.0. The molecule has 0 heterocycles. The van der Waals surface area contributed by atoms with Crippen molar-refractivity contribution in [2.24, 2.45) is 0 Å². The molecule has 0 unspecified atom stereocenters. The van der Waals surface area contributed by atoms with Gasteiger partial charge < -0.3 is 40.8 Å². The Morgan fingerprint density at radius 2 is 1.53 bits per heavy atom. The maximum absolute atomic E-state index is 12.2. The van der Waals surface area contributed by atoms with Crippen molar-refractivity contribution in [3.05, 3.63) is 64.7 Å². The minimum absolute atomic E-state index is 0.00677. The summed E-state index contributed by atoms with van der Waals surface area (Å²) in [5, 5.41) is 60.4. The standard InChI is InChI=1S/C27H24BNO8S/c28-23-26(36)24(34)19(25(35)27(23)37)7-5-15-1-3-17(4-2-15)14-38-18(13-30)12-22(33)29-10-9-16-6-8-20(31)21(32)11-16/h1-4,6,8,11,13,18,31-32,34-37H,9-10,12,14H2,(H,29,33)/t18-/m1/s1. The van der Waals surface area contributed by atoms with Gasteiger partial charge in [0.1, 0.15) is 19.7 Å². The highest BCUT2D eigenvalue weighted by Gasteiger charge is 2.19. The summed E-state index contributed by atoms with van der Waals surface area (Å²) in [6.45, 7) is 0.312. The van der Waals surface area contributed by atoms with Crippen molar-refractivity contribution in [3.63, 3.8) is 0 Å². The van der Waals surface area contributed by atoms with Gasteiger partial charge >= 0.3 is 0 Å². The number of nitrogens with one attached hydrogen (secondary N) is 1. The third-order valence-corrected chi connectivity index (χ3v) is 6.70. The van der Waals surface area contributed by atoms with E-state index in [0.29, 0.717) is 24.3 Å². The Morgan fingerprint density at radius 3 is 2.13 bits per heavy atom. The molecule has 1 atom stereocenters. The first-order valence-corrected chi connectivity index (χ1v) is 12.4. The van der Waals surface area contributed by atoms with Crippen LogP contribution in [0.2, 0.25) is 0 Å². The molecule has 194 valence electrons. The molecule has 7 N–H and O–H groups in total. The number of phenolic OH excluding ortho intramolecular Hbond substituents is 6. The number of amides is 1. The highest BCUT2D eigenvalue weighted by molar-refractivity contribution is 7.99. The Bertz CT molecular complexity index is 1370. The smallest absolute Gasteiger partial charge is 0.221 e. The highest BCUT2D eigenvalue weighted by Crippen LogP contribution is 2.39. The molecule has 3 rings (SSSR count). The van der Waals surface area contributed by atoms with Crippen LogP contribution in [0.15, 0.2) is 42.5 Å². The lowest BCUT2D eigenvalue weighted by molar-refractivity contribution is -0.122. The summed E-state index contributed by atoms with van der Waals surface area (Å²) < 4.78 is 0. The van der Waals surface area contributed by atoms with Gasteiger partial charge in [-0.15, -0.1) is 11.8 Å². The fourth-order valence-electron chi connectivity index (χ4n) is 3.33. The van der Waals surface area contributed by atoms with E-state index in [4.69, 9.17) is 7.85 Å². The Hall–Kier alpha value is -4.43. The van der Waals surface area contributed by atoms with Crippen molar-refractivity contribution in [2.45, 2.75) is 23.8 Å². The van der Waals surface area contributed by atoms with Crippen molar-refractivity contribution in [3.8, 4) is 46.3 Å². The molecule has 1 amide bonds. The number of hydrogen-bond acceptors (Lipinski definition) is 9. The first kappa shape index (κ1) is 28.2. The van der Waals surface area contributed by atoms with Crippen molar-refractivity contribution in [2.75, 3.05) is 6.54 Å². The fraction of sp³-hybridized carbons (Fsp3) is 0.185.